The Morgan fingerprint density at radius 3 is 2.20 bits per heavy atom. The fraction of sp³-hybridized carbons (Fsp3) is 0.900. The largest absolute Gasteiger partial charge is 0.381 e. The van der Waals surface area contributed by atoms with E-state index >= 15 is 0 Å². The highest BCUT2D eigenvalue weighted by Crippen LogP contribution is 2.17. The third kappa shape index (κ3) is 4.17. The molecule has 0 atom stereocenters. The topological polar surface area (TPSA) is 29.5 Å². The van der Waals surface area contributed by atoms with E-state index in [4.69, 9.17) is 27.9 Å². The minimum atomic E-state index is 0.102. The lowest BCUT2D eigenvalue weighted by Gasteiger charge is -2.28. The molecule has 1 aliphatic heterocycles. The van der Waals surface area contributed by atoms with Crippen molar-refractivity contribution in [2.45, 2.75) is 12.8 Å². The Kier molecular flexibility index (Phi) is 6.37. The zero-order chi connectivity index (χ0) is 11.1. The summed E-state index contributed by atoms with van der Waals surface area (Å²) in [4.78, 5) is 13.8. The molecule has 0 radical (unpaired) electrons. The van der Waals surface area contributed by atoms with Crippen LogP contribution in [-0.2, 0) is 9.53 Å². The highest BCUT2D eigenvalue weighted by molar-refractivity contribution is 6.18. The molecule has 1 aliphatic rings. The third-order valence-electron chi connectivity index (χ3n) is 2.59. The van der Waals surface area contributed by atoms with E-state index in [9.17, 15) is 4.79 Å². The Balaban J connectivity index is 2.45. The van der Waals surface area contributed by atoms with Gasteiger partial charge < -0.3 is 9.64 Å². The van der Waals surface area contributed by atoms with Crippen LogP contribution in [0.15, 0.2) is 0 Å². The molecule has 1 amide bonds. The second-order valence-corrected chi connectivity index (χ2v) is 4.35. The van der Waals surface area contributed by atoms with Gasteiger partial charge in [-0.25, -0.2) is 0 Å². The normalized spacial score (nSPS) is 17.7. The summed E-state index contributed by atoms with van der Waals surface area (Å²) in [7, 11) is 0. The number of amides is 1. The molecule has 15 heavy (non-hydrogen) atoms. The molecule has 1 heterocycles. The number of hydrogen-bond donors (Lipinski definition) is 0. The summed E-state index contributed by atoms with van der Waals surface area (Å²) in [5, 5.41) is 0. The number of rotatable bonds is 5. The Labute approximate surface area is 101 Å². The number of nitrogens with zero attached hydrogens (tertiary/aromatic N) is 1. The van der Waals surface area contributed by atoms with E-state index < -0.39 is 0 Å². The van der Waals surface area contributed by atoms with Crippen LogP contribution in [0.4, 0.5) is 0 Å². The molecule has 0 aromatic rings. The number of halogens is 2. The number of alkyl halides is 2. The van der Waals surface area contributed by atoms with Gasteiger partial charge in [-0.1, -0.05) is 0 Å². The number of carbonyl (C=O) groups excluding carboxylic acids is 1. The summed E-state index contributed by atoms with van der Waals surface area (Å²) < 4.78 is 5.23. The van der Waals surface area contributed by atoms with E-state index in [2.05, 4.69) is 0 Å². The van der Waals surface area contributed by atoms with E-state index in [1.807, 2.05) is 0 Å². The fourth-order valence-electron chi connectivity index (χ4n) is 1.74. The molecule has 0 aliphatic carbocycles. The molecule has 0 aromatic carbocycles. The molecule has 1 fully saturated rings. The van der Waals surface area contributed by atoms with Gasteiger partial charge in [-0.05, 0) is 12.8 Å². The smallest absolute Gasteiger partial charge is 0.225 e. The van der Waals surface area contributed by atoms with Crippen molar-refractivity contribution in [2.75, 3.05) is 38.1 Å². The predicted octanol–water partition coefficient (Wildman–Crippen LogP) is 1.72. The van der Waals surface area contributed by atoms with Crippen LogP contribution >= 0.6 is 23.2 Å². The van der Waals surface area contributed by atoms with E-state index in [1.54, 1.807) is 4.90 Å². The molecule has 0 N–H and O–H groups in total. The van der Waals surface area contributed by atoms with E-state index in [-0.39, 0.29) is 11.8 Å². The van der Waals surface area contributed by atoms with Gasteiger partial charge in [-0.2, -0.15) is 0 Å². The Morgan fingerprint density at radius 2 is 1.73 bits per heavy atom. The van der Waals surface area contributed by atoms with Gasteiger partial charge in [-0.3, -0.25) is 4.79 Å². The number of carbonyl (C=O) groups is 1. The first-order valence-corrected chi connectivity index (χ1v) is 6.35. The zero-order valence-corrected chi connectivity index (χ0v) is 10.3. The molecular weight excluding hydrogens is 237 g/mol. The van der Waals surface area contributed by atoms with Crippen LogP contribution in [-0.4, -0.2) is 48.9 Å². The van der Waals surface area contributed by atoms with Crippen molar-refractivity contribution in [1.29, 1.82) is 0 Å². The number of ether oxygens (including phenoxy) is 1. The highest BCUT2D eigenvalue weighted by Gasteiger charge is 2.25. The van der Waals surface area contributed by atoms with Gasteiger partial charge in [0.2, 0.25) is 5.91 Å². The van der Waals surface area contributed by atoms with E-state index in [1.165, 1.54) is 0 Å². The standard InChI is InChI=1S/C10H17Cl2NO2/c11-3-5-13(6-4-12)10(14)9-1-7-15-8-2-9/h9H,1-8H2. The molecule has 1 saturated heterocycles. The predicted molar refractivity (Wildman–Crippen MR) is 61.6 cm³/mol. The van der Waals surface area contributed by atoms with Crippen LogP contribution in [0.25, 0.3) is 0 Å². The lowest BCUT2D eigenvalue weighted by Crippen LogP contribution is -2.40. The summed E-state index contributed by atoms with van der Waals surface area (Å²) in [5.74, 6) is 1.21. The van der Waals surface area contributed by atoms with Gasteiger partial charge in [0.1, 0.15) is 0 Å². The van der Waals surface area contributed by atoms with Crippen molar-refractivity contribution in [3.05, 3.63) is 0 Å². The molecule has 0 saturated carbocycles. The van der Waals surface area contributed by atoms with Crippen molar-refractivity contribution < 1.29 is 9.53 Å². The van der Waals surface area contributed by atoms with Crippen molar-refractivity contribution in [2.24, 2.45) is 5.92 Å². The quantitative estimate of drug-likeness (QED) is 0.699. The van der Waals surface area contributed by atoms with Gasteiger partial charge >= 0.3 is 0 Å². The summed E-state index contributed by atoms with van der Waals surface area (Å²) >= 11 is 11.3. The molecule has 1 rings (SSSR count). The Bertz CT molecular complexity index is 190. The van der Waals surface area contributed by atoms with E-state index in [0.717, 1.165) is 12.8 Å². The lowest BCUT2D eigenvalue weighted by molar-refractivity contribution is -0.138. The molecule has 3 nitrogen and oxygen atoms in total. The third-order valence-corrected chi connectivity index (χ3v) is 2.93. The minimum Gasteiger partial charge on any atom is -0.381 e. The average molecular weight is 254 g/mol. The maximum Gasteiger partial charge on any atom is 0.225 e. The van der Waals surface area contributed by atoms with Crippen LogP contribution in [0.5, 0.6) is 0 Å². The van der Waals surface area contributed by atoms with Crippen LogP contribution in [0, 0.1) is 5.92 Å². The van der Waals surface area contributed by atoms with Crippen molar-refractivity contribution in [3.63, 3.8) is 0 Å². The summed E-state index contributed by atoms with van der Waals surface area (Å²) in [6.45, 7) is 2.55. The van der Waals surface area contributed by atoms with Crippen molar-refractivity contribution in [1.82, 2.24) is 4.90 Å². The van der Waals surface area contributed by atoms with Crippen LogP contribution < -0.4 is 0 Å². The van der Waals surface area contributed by atoms with Gasteiger partial charge in [0.05, 0.1) is 0 Å². The summed E-state index contributed by atoms with van der Waals surface area (Å²) in [6, 6.07) is 0. The molecule has 0 spiro atoms. The highest BCUT2D eigenvalue weighted by atomic mass is 35.5. The van der Waals surface area contributed by atoms with Gasteiger partial charge in [-0.15, -0.1) is 23.2 Å². The summed E-state index contributed by atoms with van der Waals surface area (Å²) in [5.41, 5.74) is 0. The molecule has 0 unspecified atom stereocenters. The molecule has 0 aromatic heterocycles. The fourth-order valence-corrected chi connectivity index (χ4v) is 2.15. The Hall–Kier alpha value is 0.01000. The zero-order valence-electron chi connectivity index (χ0n) is 8.75. The van der Waals surface area contributed by atoms with Crippen LogP contribution in [0.1, 0.15) is 12.8 Å². The Morgan fingerprint density at radius 1 is 1.20 bits per heavy atom. The summed E-state index contributed by atoms with van der Waals surface area (Å²) in [6.07, 6.45) is 1.64. The van der Waals surface area contributed by atoms with Crippen LogP contribution in [0.3, 0.4) is 0 Å². The monoisotopic (exact) mass is 253 g/mol. The maximum absolute atomic E-state index is 12.0. The lowest BCUT2D eigenvalue weighted by atomic mass is 9.99. The second-order valence-electron chi connectivity index (χ2n) is 3.59. The first-order valence-electron chi connectivity index (χ1n) is 5.28. The second kappa shape index (κ2) is 7.31. The first-order chi connectivity index (χ1) is 7.29. The molecular formula is C10H17Cl2NO2. The molecule has 88 valence electrons. The SMILES string of the molecule is O=C(C1CCOCC1)N(CCCl)CCCl. The van der Waals surface area contributed by atoms with Gasteiger partial charge in [0, 0.05) is 44.0 Å². The number of hydrogen-bond acceptors (Lipinski definition) is 2. The maximum atomic E-state index is 12.0. The average Bonchev–Trinajstić information content (AvgIpc) is 2.29. The molecule has 0 bridgehead atoms. The van der Waals surface area contributed by atoms with Gasteiger partial charge in [0.25, 0.3) is 0 Å². The van der Waals surface area contributed by atoms with Crippen molar-refractivity contribution >= 4 is 29.1 Å². The van der Waals surface area contributed by atoms with Crippen LogP contribution in [0.2, 0.25) is 0 Å². The first kappa shape index (κ1) is 13.1. The molecule has 5 heteroatoms. The van der Waals surface area contributed by atoms with Gasteiger partial charge in [0.15, 0.2) is 0 Å². The van der Waals surface area contributed by atoms with E-state index in [0.29, 0.717) is 38.1 Å². The van der Waals surface area contributed by atoms with Crippen molar-refractivity contribution in [3.8, 4) is 0 Å². The minimum absolute atomic E-state index is 0.102.